The number of halogens is 1. The summed E-state index contributed by atoms with van der Waals surface area (Å²) >= 11 is 0. The van der Waals surface area contributed by atoms with Crippen LogP contribution < -0.4 is 10.1 Å². The van der Waals surface area contributed by atoms with Gasteiger partial charge in [0, 0.05) is 6.54 Å². The monoisotopic (exact) mass is 297 g/mol. The van der Waals surface area contributed by atoms with Crippen molar-refractivity contribution in [2.75, 3.05) is 6.54 Å². The number of benzene rings is 1. The van der Waals surface area contributed by atoms with Crippen molar-refractivity contribution in [2.24, 2.45) is 5.41 Å². The first-order valence-electron chi connectivity index (χ1n) is 6.51. The third kappa shape index (κ3) is 4.73. The number of aliphatic carboxylic acids is 1. The lowest BCUT2D eigenvalue weighted by molar-refractivity contribution is -0.147. The van der Waals surface area contributed by atoms with E-state index in [1.807, 2.05) is 0 Å². The highest BCUT2D eigenvalue weighted by Crippen LogP contribution is 2.20. The Kier molecular flexibility index (Phi) is 4.93. The van der Waals surface area contributed by atoms with Crippen molar-refractivity contribution >= 4 is 11.9 Å². The Morgan fingerprint density at radius 3 is 2.19 bits per heavy atom. The number of hydrogen-bond donors (Lipinski definition) is 2. The van der Waals surface area contributed by atoms with Crippen LogP contribution >= 0.6 is 0 Å². The van der Waals surface area contributed by atoms with Gasteiger partial charge in [0.15, 0.2) is 5.60 Å². The zero-order valence-electron chi connectivity index (χ0n) is 12.6. The summed E-state index contributed by atoms with van der Waals surface area (Å²) in [4.78, 5) is 23.1. The molecule has 0 radical (unpaired) electrons. The maximum atomic E-state index is 12.8. The second kappa shape index (κ2) is 6.11. The van der Waals surface area contributed by atoms with E-state index in [1.165, 1.54) is 38.1 Å². The second-order valence-electron chi connectivity index (χ2n) is 5.94. The van der Waals surface area contributed by atoms with Gasteiger partial charge in [-0.1, -0.05) is 0 Å². The number of carbonyl (C=O) groups is 2. The van der Waals surface area contributed by atoms with Gasteiger partial charge in [-0.3, -0.25) is 9.59 Å². The Bertz CT molecular complexity index is 523. The third-order valence-electron chi connectivity index (χ3n) is 3.00. The Morgan fingerprint density at radius 2 is 1.71 bits per heavy atom. The molecule has 5 nitrogen and oxygen atoms in total. The molecule has 21 heavy (non-hydrogen) atoms. The van der Waals surface area contributed by atoms with Crippen LogP contribution in [0.4, 0.5) is 4.39 Å². The zero-order chi connectivity index (χ0) is 16.3. The van der Waals surface area contributed by atoms with E-state index >= 15 is 0 Å². The summed E-state index contributed by atoms with van der Waals surface area (Å²) in [5, 5.41) is 11.6. The zero-order valence-corrected chi connectivity index (χ0v) is 12.6. The van der Waals surface area contributed by atoms with Crippen LogP contribution in [0.15, 0.2) is 24.3 Å². The van der Waals surface area contributed by atoms with Crippen LogP contribution in [-0.4, -0.2) is 29.1 Å². The molecule has 0 fully saturated rings. The highest BCUT2D eigenvalue weighted by atomic mass is 19.1. The first-order valence-corrected chi connectivity index (χ1v) is 6.51. The van der Waals surface area contributed by atoms with Gasteiger partial charge in [0.05, 0.1) is 5.41 Å². The first-order chi connectivity index (χ1) is 9.54. The van der Waals surface area contributed by atoms with Crippen molar-refractivity contribution in [3.63, 3.8) is 0 Å². The minimum atomic E-state index is -1.20. The van der Waals surface area contributed by atoms with Gasteiger partial charge >= 0.3 is 5.97 Å². The molecule has 0 saturated heterocycles. The van der Waals surface area contributed by atoms with Crippen molar-refractivity contribution in [1.82, 2.24) is 5.32 Å². The van der Waals surface area contributed by atoms with E-state index in [1.54, 1.807) is 13.8 Å². The van der Waals surface area contributed by atoms with Crippen LogP contribution in [-0.2, 0) is 9.59 Å². The molecular formula is C15H20FNO4. The van der Waals surface area contributed by atoms with Crippen LogP contribution in [0.5, 0.6) is 5.75 Å². The van der Waals surface area contributed by atoms with Crippen molar-refractivity contribution < 1.29 is 23.8 Å². The van der Waals surface area contributed by atoms with E-state index in [2.05, 4.69) is 5.32 Å². The van der Waals surface area contributed by atoms with Crippen LogP contribution in [0.2, 0.25) is 0 Å². The molecule has 0 unspecified atom stereocenters. The molecule has 0 aliphatic rings. The maximum absolute atomic E-state index is 12.8. The molecule has 6 heteroatoms. The average molecular weight is 297 g/mol. The summed E-state index contributed by atoms with van der Waals surface area (Å²) in [5.41, 5.74) is -2.27. The average Bonchev–Trinajstić information content (AvgIpc) is 2.38. The fraction of sp³-hybridized carbons (Fsp3) is 0.467. The lowest BCUT2D eigenvalue weighted by Gasteiger charge is -2.27. The molecule has 0 atom stereocenters. The molecule has 1 amide bonds. The van der Waals surface area contributed by atoms with Gasteiger partial charge in [0.1, 0.15) is 11.6 Å². The van der Waals surface area contributed by atoms with Crippen LogP contribution in [0, 0.1) is 11.2 Å². The molecule has 0 aromatic heterocycles. The predicted molar refractivity (Wildman–Crippen MR) is 75.5 cm³/mol. The lowest BCUT2D eigenvalue weighted by atomic mass is 9.93. The smallest absolute Gasteiger partial charge is 0.310 e. The molecule has 0 aliphatic carbocycles. The summed E-state index contributed by atoms with van der Waals surface area (Å²) in [6.07, 6.45) is 0. The summed E-state index contributed by atoms with van der Waals surface area (Å²) in [7, 11) is 0. The maximum Gasteiger partial charge on any atom is 0.310 e. The number of ether oxygens (including phenoxy) is 1. The molecule has 1 rings (SSSR count). The topological polar surface area (TPSA) is 75.6 Å². The third-order valence-corrected chi connectivity index (χ3v) is 3.00. The standard InChI is InChI=1S/C15H20FNO4/c1-14(2,13(19)20)9-17-12(18)15(3,4)21-11-7-5-10(16)6-8-11/h5-8H,9H2,1-4H3,(H,17,18)(H,19,20). The number of hydrogen-bond acceptors (Lipinski definition) is 3. The van der Waals surface area contributed by atoms with E-state index in [0.717, 1.165) is 0 Å². The summed E-state index contributed by atoms with van der Waals surface area (Å²) in [6.45, 7) is 6.13. The minimum Gasteiger partial charge on any atom is -0.481 e. The van der Waals surface area contributed by atoms with Crippen molar-refractivity contribution in [1.29, 1.82) is 0 Å². The molecule has 2 N–H and O–H groups in total. The molecule has 0 saturated carbocycles. The fourth-order valence-electron chi connectivity index (χ4n) is 1.43. The van der Waals surface area contributed by atoms with Gasteiger partial charge in [-0.25, -0.2) is 4.39 Å². The molecule has 0 aliphatic heterocycles. The van der Waals surface area contributed by atoms with E-state index in [-0.39, 0.29) is 6.54 Å². The molecule has 116 valence electrons. The van der Waals surface area contributed by atoms with E-state index in [9.17, 15) is 14.0 Å². The first kappa shape index (κ1) is 16.9. The molecular weight excluding hydrogens is 277 g/mol. The Hall–Kier alpha value is -2.11. The number of carboxylic acid groups (broad SMARTS) is 1. The van der Waals surface area contributed by atoms with E-state index < -0.39 is 28.7 Å². The number of carbonyl (C=O) groups excluding carboxylic acids is 1. The quantitative estimate of drug-likeness (QED) is 0.844. The SMILES string of the molecule is CC(C)(CNC(=O)C(C)(C)Oc1ccc(F)cc1)C(=O)O. The van der Waals surface area contributed by atoms with Gasteiger partial charge < -0.3 is 15.2 Å². The largest absolute Gasteiger partial charge is 0.481 e. The highest BCUT2D eigenvalue weighted by Gasteiger charge is 2.33. The van der Waals surface area contributed by atoms with Crippen molar-refractivity contribution in [3.8, 4) is 5.75 Å². The van der Waals surface area contributed by atoms with Crippen LogP contribution in [0.3, 0.4) is 0 Å². The Morgan fingerprint density at radius 1 is 1.19 bits per heavy atom. The highest BCUT2D eigenvalue weighted by molar-refractivity contribution is 5.85. The summed E-state index contributed by atoms with van der Waals surface area (Å²) in [6, 6.07) is 5.31. The van der Waals surface area contributed by atoms with E-state index in [0.29, 0.717) is 5.75 Å². The predicted octanol–water partition coefficient (Wildman–Crippen LogP) is 2.21. The number of nitrogens with one attached hydrogen (secondary N) is 1. The molecule has 0 bridgehead atoms. The lowest BCUT2D eigenvalue weighted by Crippen LogP contribution is -2.50. The van der Waals surface area contributed by atoms with Gasteiger partial charge in [-0.2, -0.15) is 0 Å². The minimum absolute atomic E-state index is 0.0165. The van der Waals surface area contributed by atoms with E-state index in [4.69, 9.17) is 9.84 Å². The number of carboxylic acids is 1. The van der Waals surface area contributed by atoms with Crippen molar-refractivity contribution in [2.45, 2.75) is 33.3 Å². The van der Waals surface area contributed by atoms with Gasteiger partial charge in [0.25, 0.3) is 5.91 Å². The summed E-state index contributed by atoms with van der Waals surface area (Å²) < 4.78 is 18.3. The number of rotatable bonds is 6. The van der Waals surface area contributed by atoms with Gasteiger partial charge in [-0.05, 0) is 52.0 Å². The van der Waals surface area contributed by atoms with Crippen LogP contribution in [0.1, 0.15) is 27.7 Å². The Balaban J connectivity index is 2.67. The Labute approximate surface area is 123 Å². The summed E-state index contributed by atoms with van der Waals surface area (Å²) in [5.74, 6) is -1.48. The van der Waals surface area contributed by atoms with Gasteiger partial charge in [0.2, 0.25) is 0 Å². The molecule has 1 aromatic carbocycles. The normalized spacial score (nSPS) is 11.9. The van der Waals surface area contributed by atoms with Gasteiger partial charge in [-0.15, -0.1) is 0 Å². The number of amides is 1. The molecule has 0 spiro atoms. The van der Waals surface area contributed by atoms with Crippen LogP contribution in [0.25, 0.3) is 0 Å². The fourth-order valence-corrected chi connectivity index (χ4v) is 1.43. The molecule has 0 heterocycles. The molecule has 1 aromatic rings. The second-order valence-corrected chi connectivity index (χ2v) is 5.94. The van der Waals surface area contributed by atoms with Crippen molar-refractivity contribution in [3.05, 3.63) is 30.1 Å².